The largest absolute Gasteiger partial charge is 0.491 e. The van der Waals surface area contributed by atoms with Gasteiger partial charge in [-0.15, -0.1) is 0 Å². The van der Waals surface area contributed by atoms with E-state index in [2.05, 4.69) is 16.0 Å². The van der Waals surface area contributed by atoms with Gasteiger partial charge in [0.05, 0.1) is 50.2 Å². The first-order chi connectivity index (χ1) is 14.1. The number of carbonyl (C=O) groups is 1. The Kier molecular flexibility index (Phi) is 4.83. The van der Waals surface area contributed by atoms with Crippen LogP contribution in [-0.4, -0.2) is 30.1 Å². The van der Waals surface area contributed by atoms with E-state index < -0.39 is 0 Å². The molecule has 29 heavy (non-hydrogen) atoms. The molecule has 1 aromatic carbocycles. The van der Waals surface area contributed by atoms with Crippen LogP contribution in [-0.2, 0) is 13.0 Å². The van der Waals surface area contributed by atoms with Gasteiger partial charge in [-0.2, -0.15) is 5.26 Å². The van der Waals surface area contributed by atoms with Crippen LogP contribution in [0, 0.1) is 11.3 Å². The molecule has 7 nitrogen and oxygen atoms in total. The fourth-order valence-corrected chi connectivity index (χ4v) is 3.35. The first-order valence-electron chi connectivity index (χ1n) is 9.00. The SMILES string of the molecule is COc1cc(-c2ccc3c(n2)CN(c2cccc(CC#N)c2)C3=O)cnc1OC. The number of nitriles is 1. The maximum absolute atomic E-state index is 12.9. The van der Waals surface area contributed by atoms with Crippen molar-refractivity contribution >= 4 is 11.6 Å². The third kappa shape index (κ3) is 3.36. The summed E-state index contributed by atoms with van der Waals surface area (Å²) in [6, 6.07) is 15.0. The lowest BCUT2D eigenvalue weighted by atomic mass is 10.1. The van der Waals surface area contributed by atoms with Gasteiger partial charge in [0.25, 0.3) is 11.8 Å². The smallest absolute Gasteiger partial charge is 0.260 e. The van der Waals surface area contributed by atoms with Gasteiger partial charge in [-0.25, -0.2) is 4.98 Å². The molecule has 1 aliphatic rings. The second kappa shape index (κ2) is 7.60. The molecule has 0 aliphatic carbocycles. The summed E-state index contributed by atoms with van der Waals surface area (Å²) < 4.78 is 10.5. The van der Waals surface area contributed by atoms with Crippen molar-refractivity contribution in [2.75, 3.05) is 19.1 Å². The average molecular weight is 386 g/mol. The van der Waals surface area contributed by atoms with Gasteiger partial charge in [0.15, 0.2) is 5.75 Å². The topological polar surface area (TPSA) is 88.3 Å². The van der Waals surface area contributed by atoms with Crippen LogP contribution < -0.4 is 14.4 Å². The predicted octanol–water partition coefficient (Wildman–Crippen LogP) is 3.39. The predicted molar refractivity (Wildman–Crippen MR) is 107 cm³/mol. The minimum Gasteiger partial charge on any atom is -0.491 e. The fraction of sp³-hybridized carbons (Fsp3) is 0.182. The van der Waals surface area contributed by atoms with Crippen LogP contribution in [0.1, 0.15) is 21.6 Å². The number of hydrogen-bond acceptors (Lipinski definition) is 6. The number of aromatic nitrogens is 2. The molecular weight excluding hydrogens is 368 g/mol. The van der Waals surface area contributed by atoms with Crippen molar-refractivity contribution in [2.45, 2.75) is 13.0 Å². The molecule has 0 fully saturated rings. The molecule has 3 aromatic rings. The van der Waals surface area contributed by atoms with E-state index in [1.54, 1.807) is 36.4 Å². The maximum Gasteiger partial charge on any atom is 0.260 e. The molecule has 0 saturated carbocycles. The number of amides is 1. The standard InChI is InChI=1S/C22H18N4O3/c1-28-20-11-15(12-24-21(20)29-2)18-7-6-17-19(25-18)13-26(22(17)27)16-5-3-4-14(10-16)8-9-23/h3-7,10-12H,8,13H2,1-2H3. The van der Waals surface area contributed by atoms with Gasteiger partial charge in [-0.1, -0.05) is 12.1 Å². The van der Waals surface area contributed by atoms with Gasteiger partial charge in [-0.3, -0.25) is 9.78 Å². The normalized spacial score (nSPS) is 12.4. The Morgan fingerprint density at radius 3 is 2.79 bits per heavy atom. The molecule has 0 radical (unpaired) electrons. The summed E-state index contributed by atoms with van der Waals surface area (Å²) >= 11 is 0. The summed E-state index contributed by atoms with van der Waals surface area (Å²) in [4.78, 5) is 23.5. The second-order valence-electron chi connectivity index (χ2n) is 6.52. The number of anilines is 1. The molecule has 1 aliphatic heterocycles. The van der Waals surface area contributed by atoms with Gasteiger partial charge in [0.2, 0.25) is 0 Å². The number of benzene rings is 1. The Morgan fingerprint density at radius 1 is 1.17 bits per heavy atom. The van der Waals surface area contributed by atoms with E-state index in [1.165, 1.54) is 7.11 Å². The Morgan fingerprint density at radius 2 is 2.03 bits per heavy atom. The summed E-state index contributed by atoms with van der Waals surface area (Å²) in [6.45, 7) is 0.374. The van der Waals surface area contributed by atoms with Crippen LogP contribution in [0.3, 0.4) is 0 Å². The number of methoxy groups -OCH3 is 2. The van der Waals surface area contributed by atoms with Crippen molar-refractivity contribution < 1.29 is 14.3 Å². The Balaban J connectivity index is 1.66. The van der Waals surface area contributed by atoms with Crippen LogP contribution in [0.4, 0.5) is 5.69 Å². The van der Waals surface area contributed by atoms with Crippen LogP contribution in [0.2, 0.25) is 0 Å². The lowest BCUT2D eigenvalue weighted by Crippen LogP contribution is -2.23. The zero-order chi connectivity index (χ0) is 20.4. The van der Waals surface area contributed by atoms with Gasteiger partial charge in [0, 0.05) is 17.4 Å². The number of hydrogen-bond donors (Lipinski definition) is 0. The quantitative estimate of drug-likeness (QED) is 0.668. The lowest BCUT2D eigenvalue weighted by molar-refractivity contribution is 0.0996. The molecule has 2 aromatic heterocycles. The Bertz CT molecular complexity index is 1140. The van der Waals surface area contributed by atoms with Crippen LogP contribution in [0.25, 0.3) is 11.3 Å². The van der Waals surface area contributed by atoms with Crippen LogP contribution in [0.15, 0.2) is 48.7 Å². The number of pyridine rings is 2. The first kappa shape index (κ1) is 18.4. The van der Waals surface area contributed by atoms with Crippen molar-refractivity contribution in [3.8, 4) is 29.0 Å². The summed E-state index contributed by atoms with van der Waals surface area (Å²) in [7, 11) is 3.08. The highest BCUT2D eigenvalue weighted by Gasteiger charge is 2.30. The average Bonchev–Trinajstić information content (AvgIpc) is 3.09. The molecule has 0 N–H and O–H groups in total. The van der Waals surface area contributed by atoms with Gasteiger partial charge in [0.1, 0.15) is 0 Å². The molecule has 0 bridgehead atoms. The first-order valence-corrected chi connectivity index (χ1v) is 9.00. The summed E-state index contributed by atoms with van der Waals surface area (Å²) in [6.07, 6.45) is 1.97. The molecule has 1 amide bonds. The van der Waals surface area contributed by atoms with Gasteiger partial charge >= 0.3 is 0 Å². The van der Waals surface area contributed by atoms with E-state index >= 15 is 0 Å². The Labute approximate surface area is 168 Å². The minimum atomic E-state index is -0.0985. The van der Waals surface area contributed by atoms with E-state index in [4.69, 9.17) is 14.7 Å². The van der Waals surface area contributed by atoms with E-state index in [9.17, 15) is 4.79 Å². The van der Waals surface area contributed by atoms with E-state index in [0.717, 1.165) is 16.8 Å². The number of ether oxygens (including phenoxy) is 2. The van der Waals surface area contributed by atoms with Crippen molar-refractivity contribution in [2.24, 2.45) is 0 Å². The van der Waals surface area contributed by atoms with Crippen LogP contribution >= 0.6 is 0 Å². The molecule has 7 heteroatoms. The molecule has 144 valence electrons. The highest BCUT2D eigenvalue weighted by Crippen LogP contribution is 2.32. The summed E-state index contributed by atoms with van der Waals surface area (Å²) in [5, 5.41) is 8.92. The van der Waals surface area contributed by atoms with E-state index in [-0.39, 0.29) is 5.91 Å². The second-order valence-corrected chi connectivity index (χ2v) is 6.52. The molecule has 0 atom stereocenters. The lowest BCUT2D eigenvalue weighted by Gasteiger charge is -2.16. The highest BCUT2D eigenvalue weighted by atomic mass is 16.5. The number of nitrogens with zero attached hydrogens (tertiary/aromatic N) is 4. The fourth-order valence-electron chi connectivity index (χ4n) is 3.35. The third-order valence-corrected chi connectivity index (χ3v) is 4.79. The van der Waals surface area contributed by atoms with Crippen molar-refractivity contribution in [1.82, 2.24) is 9.97 Å². The zero-order valence-corrected chi connectivity index (χ0v) is 16.0. The van der Waals surface area contributed by atoms with E-state index in [0.29, 0.717) is 41.5 Å². The number of fused-ring (bicyclic) bond motifs is 1. The van der Waals surface area contributed by atoms with Crippen molar-refractivity contribution in [3.05, 3.63) is 65.5 Å². The molecular formula is C22H18N4O3. The maximum atomic E-state index is 12.9. The molecule has 0 unspecified atom stereocenters. The number of rotatable bonds is 5. The van der Waals surface area contributed by atoms with Crippen LogP contribution in [0.5, 0.6) is 11.6 Å². The monoisotopic (exact) mass is 386 g/mol. The minimum absolute atomic E-state index is 0.0985. The third-order valence-electron chi connectivity index (χ3n) is 4.79. The van der Waals surface area contributed by atoms with Gasteiger partial charge in [-0.05, 0) is 35.9 Å². The van der Waals surface area contributed by atoms with Crippen molar-refractivity contribution in [3.63, 3.8) is 0 Å². The molecule has 0 spiro atoms. The molecule has 3 heterocycles. The zero-order valence-electron chi connectivity index (χ0n) is 16.0. The molecule has 4 rings (SSSR count). The summed E-state index contributed by atoms with van der Waals surface area (Å²) in [5.74, 6) is 0.814. The van der Waals surface area contributed by atoms with E-state index in [1.807, 2.05) is 24.3 Å². The highest BCUT2D eigenvalue weighted by molar-refractivity contribution is 6.09. The van der Waals surface area contributed by atoms with Gasteiger partial charge < -0.3 is 14.4 Å². The number of carbonyl (C=O) groups excluding carboxylic acids is 1. The van der Waals surface area contributed by atoms with Crippen molar-refractivity contribution in [1.29, 1.82) is 5.26 Å². The molecule has 0 saturated heterocycles. The Hall–Kier alpha value is -3.92. The summed E-state index contributed by atoms with van der Waals surface area (Å²) in [5.41, 5.74) is 4.38.